The van der Waals surface area contributed by atoms with E-state index in [0.717, 1.165) is 69.0 Å². The molecule has 5 aromatic rings. The molecule has 5 heterocycles. The van der Waals surface area contributed by atoms with E-state index in [4.69, 9.17) is 19.4 Å². The Labute approximate surface area is 335 Å². The number of aromatic amines is 2. The summed E-state index contributed by atoms with van der Waals surface area (Å²) >= 11 is 1.61. The third kappa shape index (κ3) is 8.22. The first-order valence-corrected chi connectivity index (χ1v) is 20.2. The molecule has 0 bridgehead atoms. The number of amides is 4. The number of benzene rings is 2. The quantitative estimate of drug-likeness (QED) is 0.111. The summed E-state index contributed by atoms with van der Waals surface area (Å²) in [5, 5.41) is 6.29. The number of carbonyl (C=O) groups excluding carboxylic acids is 4. The molecule has 7 rings (SSSR count). The van der Waals surface area contributed by atoms with Crippen LogP contribution in [0.15, 0.2) is 54.9 Å². The van der Waals surface area contributed by atoms with Crippen molar-refractivity contribution in [3.8, 4) is 33.1 Å². The Morgan fingerprint density at radius 1 is 0.719 bits per heavy atom. The van der Waals surface area contributed by atoms with E-state index in [2.05, 4.69) is 31.7 Å². The number of rotatable bonds is 11. The molecular weight excluding hydrogens is 747 g/mol. The number of H-pyrrole nitrogens is 2. The minimum atomic E-state index is -0.695. The molecule has 0 unspecified atom stereocenters. The minimum absolute atomic E-state index is 0.109. The van der Waals surface area contributed by atoms with Crippen molar-refractivity contribution >= 4 is 45.6 Å². The van der Waals surface area contributed by atoms with Crippen LogP contribution in [-0.2, 0) is 19.1 Å². The summed E-state index contributed by atoms with van der Waals surface area (Å²) in [5.74, 6) is 0.922. The SMILES string of the molecule is COC(=O)N[C@H](C(=O)N1CCC[C@H]1c1ncc(-c2ccc(-c3nc4ccc(-c5cnc([C@@H]6CCCN6C(=O)[C@@H](NC(=O)OC)C(C)C)[nH]5)cc4s3)cc2)[nH]1)C(C)C. The van der Waals surface area contributed by atoms with Gasteiger partial charge in [0.05, 0.1) is 60.3 Å². The van der Waals surface area contributed by atoms with Gasteiger partial charge < -0.3 is 39.9 Å². The Morgan fingerprint density at radius 2 is 1.19 bits per heavy atom. The average Bonchev–Trinajstić information content (AvgIpc) is 4.06. The lowest BCUT2D eigenvalue weighted by Gasteiger charge is -2.30. The van der Waals surface area contributed by atoms with Crippen LogP contribution in [0.5, 0.6) is 0 Å². The number of hydrogen-bond acceptors (Lipinski definition) is 10. The molecule has 4 atom stereocenters. The first kappa shape index (κ1) is 39.5. The van der Waals surface area contributed by atoms with E-state index in [0.29, 0.717) is 24.7 Å². The molecule has 2 fully saturated rings. The number of carbonyl (C=O) groups is 4. The van der Waals surface area contributed by atoms with Crippen molar-refractivity contribution < 1.29 is 28.7 Å². The third-order valence-electron chi connectivity index (χ3n) is 10.8. The smallest absolute Gasteiger partial charge is 0.407 e. The highest BCUT2D eigenvalue weighted by Crippen LogP contribution is 2.37. The maximum atomic E-state index is 13.6. The molecule has 0 radical (unpaired) electrons. The van der Waals surface area contributed by atoms with Crippen molar-refractivity contribution in [2.45, 2.75) is 77.5 Å². The van der Waals surface area contributed by atoms with Gasteiger partial charge in [-0.2, -0.15) is 0 Å². The molecule has 0 saturated carbocycles. The first-order valence-electron chi connectivity index (χ1n) is 19.4. The van der Waals surface area contributed by atoms with E-state index in [1.165, 1.54) is 14.2 Å². The summed E-state index contributed by atoms with van der Waals surface area (Å²) in [6.07, 6.45) is 5.58. The topological polar surface area (TPSA) is 188 Å². The molecular formula is C41H49N9O6S. The Kier molecular flexibility index (Phi) is 11.6. The van der Waals surface area contributed by atoms with Crippen LogP contribution in [-0.4, -0.2) is 98.1 Å². The lowest BCUT2D eigenvalue weighted by atomic mass is 10.0. The molecule has 300 valence electrons. The summed E-state index contributed by atoms with van der Waals surface area (Å²) in [4.78, 5) is 75.9. The number of thiazole rings is 1. The van der Waals surface area contributed by atoms with Gasteiger partial charge in [0.2, 0.25) is 11.8 Å². The maximum Gasteiger partial charge on any atom is 0.407 e. The maximum absolute atomic E-state index is 13.6. The fraction of sp³-hybridized carbons (Fsp3) is 0.439. The minimum Gasteiger partial charge on any atom is -0.453 e. The lowest BCUT2D eigenvalue weighted by Crippen LogP contribution is -2.51. The summed E-state index contributed by atoms with van der Waals surface area (Å²) in [6, 6.07) is 12.5. The van der Waals surface area contributed by atoms with Crippen LogP contribution in [0.25, 0.3) is 43.3 Å². The van der Waals surface area contributed by atoms with Crippen molar-refractivity contribution in [1.82, 2.24) is 45.4 Å². The molecule has 2 aromatic carbocycles. The molecule has 0 spiro atoms. The van der Waals surface area contributed by atoms with Gasteiger partial charge >= 0.3 is 12.2 Å². The highest BCUT2D eigenvalue weighted by molar-refractivity contribution is 7.21. The van der Waals surface area contributed by atoms with Crippen LogP contribution in [0.2, 0.25) is 0 Å². The highest BCUT2D eigenvalue weighted by atomic mass is 32.1. The molecule has 2 saturated heterocycles. The fourth-order valence-corrected chi connectivity index (χ4v) is 8.71. The van der Waals surface area contributed by atoms with Gasteiger partial charge in [0.1, 0.15) is 28.7 Å². The van der Waals surface area contributed by atoms with Gasteiger partial charge in [0.15, 0.2) is 0 Å². The number of alkyl carbamates (subject to hydrolysis) is 2. The molecule has 2 aliphatic heterocycles. The Hall–Kier alpha value is -5.77. The number of fused-ring (bicyclic) bond motifs is 1. The predicted molar refractivity (Wildman–Crippen MR) is 216 cm³/mol. The second-order valence-corrected chi connectivity index (χ2v) is 16.3. The number of likely N-dealkylation sites (tertiary alicyclic amines) is 2. The van der Waals surface area contributed by atoms with Gasteiger partial charge in [-0.25, -0.2) is 24.5 Å². The normalized spacial score (nSPS) is 18.0. The Bertz CT molecular complexity index is 2250. The predicted octanol–water partition coefficient (Wildman–Crippen LogP) is 6.83. The van der Waals surface area contributed by atoms with Crippen molar-refractivity contribution in [1.29, 1.82) is 0 Å². The zero-order valence-corrected chi connectivity index (χ0v) is 33.8. The van der Waals surface area contributed by atoms with E-state index >= 15 is 0 Å². The second kappa shape index (κ2) is 16.8. The molecule has 16 heteroatoms. The van der Waals surface area contributed by atoms with E-state index in [1.54, 1.807) is 33.5 Å². The van der Waals surface area contributed by atoms with Crippen LogP contribution in [0.4, 0.5) is 9.59 Å². The van der Waals surface area contributed by atoms with Gasteiger partial charge in [-0.05, 0) is 55.2 Å². The van der Waals surface area contributed by atoms with E-state index < -0.39 is 24.3 Å². The zero-order valence-electron chi connectivity index (χ0n) is 33.0. The van der Waals surface area contributed by atoms with Crippen molar-refractivity contribution in [3.63, 3.8) is 0 Å². The van der Waals surface area contributed by atoms with E-state index in [-0.39, 0.29) is 35.7 Å². The van der Waals surface area contributed by atoms with Crippen LogP contribution in [0, 0.1) is 11.8 Å². The number of imidazole rings is 2. The van der Waals surface area contributed by atoms with E-state index in [9.17, 15) is 19.2 Å². The molecule has 57 heavy (non-hydrogen) atoms. The standard InChI is InChI=1S/C41H49N9O6S/c1-22(2)33(47-40(53)55-5)38(51)49-17-7-9-30(49)35-42-20-28(44-35)24-11-13-25(14-12-24)37-46-27-16-15-26(19-32(27)57-37)29-21-43-36(45-29)31-10-8-18-50(31)39(52)34(23(3)4)48-41(54)56-6/h11-16,19-23,30-31,33-34H,7-10,17-18H2,1-6H3,(H,42,44)(H,43,45)(H,47,53)(H,48,54)/t30-,31-,33-,34-/m0/s1. The molecule has 15 nitrogen and oxygen atoms in total. The second-order valence-electron chi connectivity index (χ2n) is 15.2. The summed E-state index contributed by atoms with van der Waals surface area (Å²) in [5.41, 5.74) is 5.50. The number of hydrogen-bond donors (Lipinski definition) is 4. The van der Waals surface area contributed by atoms with Crippen LogP contribution in [0.3, 0.4) is 0 Å². The van der Waals surface area contributed by atoms with Gasteiger partial charge in [-0.15, -0.1) is 11.3 Å². The largest absolute Gasteiger partial charge is 0.453 e. The third-order valence-corrected chi connectivity index (χ3v) is 11.9. The van der Waals surface area contributed by atoms with Gasteiger partial charge in [-0.1, -0.05) is 58.0 Å². The Balaban J connectivity index is 1.03. The van der Waals surface area contributed by atoms with Crippen molar-refractivity contribution in [2.75, 3.05) is 27.3 Å². The fourth-order valence-electron chi connectivity index (χ4n) is 7.70. The molecule has 0 aliphatic carbocycles. The van der Waals surface area contributed by atoms with Crippen molar-refractivity contribution in [3.05, 3.63) is 66.5 Å². The molecule has 2 aliphatic rings. The summed E-state index contributed by atoms with van der Waals surface area (Å²) in [6.45, 7) is 8.77. The van der Waals surface area contributed by atoms with E-state index in [1.807, 2.05) is 64.1 Å². The zero-order chi connectivity index (χ0) is 40.4. The van der Waals surface area contributed by atoms with Gasteiger partial charge in [0.25, 0.3) is 0 Å². The van der Waals surface area contributed by atoms with Crippen LogP contribution < -0.4 is 10.6 Å². The highest BCUT2D eigenvalue weighted by Gasteiger charge is 2.39. The summed E-state index contributed by atoms with van der Waals surface area (Å²) in [7, 11) is 2.58. The first-order chi connectivity index (χ1) is 27.4. The van der Waals surface area contributed by atoms with Gasteiger partial charge in [0, 0.05) is 24.2 Å². The lowest BCUT2D eigenvalue weighted by molar-refractivity contribution is -0.136. The van der Waals surface area contributed by atoms with Crippen molar-refractivity contribution in [2.24, 2.45) is 11.8 Å². The number of ether oxygens (including phenoxy) is 2. The summed E-state index contributed by atoms with van der Waals surface area (Å²) < 4.78 is 10.6. The van der Waals surface area contributed by atoms with Crippen LogP contribution >= 0.6 is 11.3 Å². The molecule has 4 amide bonds. The number of nitrogens with one attached hydrogen (secondary N) is 4. The number of aromatic nitrogens is 5. The average molecular weight is 796 g/mol. The Morgan fingerprint density at radius 3 is 1.68 bits per heavy atom. The molecule has 4 N–H and O–H groups in total. The number of nitrogens with zero attached hydrogens (tertiary/aromatic N) is 5. The van der Waals surface area contributed by atoms with Crippen LogP contribution in [0.1, 0.15) is 77.1 Å². The van der Waals surface area contributed by atoms with Gasteiger partial charge in [-0.3, -0.25) is 9.59 Å². The monoisotopic (exact) mass is 795 g/mol. The number of methoxy groups -OCH3 is 2. The molecule has 3 aromatic heterocycles.